The van der Waals surface area contributed by atoms with E-state index in [4.69, 9.17) is 4.42 Å². The van der Waals surface area contributed by atoms with Gasteiger partial charge in [0, 0.05) is 16.6 Å². The Morgan fingerprint density at radius 1 is 0.788 bits per heavy atom. The number of amides is 3. The predicted molar refractivity (Wildman–Crippen MR) is 126 cm³/mol. The van der Waals surface area contributed by atoms with Gasteiger partial charge < -0.3 is 9.73 Å². The summed E-state index contributed by atoms with van der Waals surface area (Å²) in [6, 6.07) is 23.2. The predicted octanol–water partition coefficient (Wildman–Crippen LogP) is 4.25. The summed E-state index contributed by atoms with van der Waals surface area (Å²) in [7, 11) is 0. The Bertz CT molecular complexity index is 1260. The van der Waals surface area contributed by atoms with Crippen molar-refractivity contribution in [3.63, 3.8) is 0 Å². The van der Waals surface area contributed by atoms with Crippen molar-refractivity contribution in [1.29, 1.82) is 0 Å². The van der Waals surface area contributed by atoms with E-state index in [9.17, 15) is 14.4 Å². The molecule has 0 bridgehead atoms. The molecule has 0 atom stereocenters. The number of hydrogen-bond acceptors (Lipinski definition) is 4. The van der Waals surface area contributed by atoms with Crippen LogP contribution in [0.1, 0.15) is 39.0 Å². The van der Waals surface area contributed by atoms with Crippen molar-refractivity contribution in [3.8, 4) is 0 Å². The van der Waals surface area contributed by atoms with E-state index in [1.165, 1.54) is 0 Å². The zero-order valence-electron chi connectivity index (χ0n) is 18.1. The molecule has 4 rings (SSSR count). The molecule has 0 aliphatic heterocycles. The van der Waals surface area contributed by atoms with E-state index in [2.05, 4.69) is 16.2 Å². The molecule has 7 nitrogen and oxygen atoms in total. The summed E-state index contributed by atoms with van der Waals surface area (Å²) in [4.78, 5) is 36.8. The number of para-hydroxylation sites is 1. The number of hydrazine groups is 1. The number of carbonyl (C=O) groups excluding carboxylic acids is 3. The van der Waals surface area contributed by atoms with Crippen LogP contribution in [0, 0.1) is 0 Å². The fourth-order valence-corrected chi connectivity index (χ4v) is 3.31. The van der Waals surface area contributed by atoms with E-state index in [-0.39, 0.29) is 29.9 Å². The third-order valence-electron chi connectivity index (χ3n) is 5.17. The normalized spacial score (nSPS) is 10.6. The van der Waals surface area contributed by atoms with Gasteiger partial charge in [-0.15, -0.1) is 0 Å². The summed E-state index contributed by atoms with van der Waals surface area (Å²) in [5, 5.41) is 3.63. The van der Waals surface area contributed by atoms with Crippen LogP contribution in [0.2, 0.25) is 0 Å². The fraction of sp³-hybridized carbons (Fsp3) is 0.115. The van der Waals surface area contributed by atoms with E-state index >= 15 is 0 Å². The molecule has 7 heteroatoms. The van der Waals surface area contributed by atoms with Crippen LogP contribution >= 0.6 is 0 Å². The van der Waals surface area contributed by atoms with Crippen molar-refractivity contribution < 1.29 is 18.8 Å². The Balaban J connectivity index is 1.28. The molecule has 0 spiro atoms. The lowest BCUT2D eigenvalue weighted by Crippen LogP contribution is -2.42. The third-order valence-corrected chi connectivity index (χ3v) is 5.17. The summed E-state index contributed by atoms with van der Waals surface area (Å²) in [6.07, 6.45) is 0.966. The summed E-state index contributed by atoms with van der Waals surface area (Å²) < 4.78 is 5.57. The number of rotatable bonds is 6. The molecule has 0 fully saturated rings. The molecule has 0 radical (unpaired) electrons. The van der Waals surface area contributed by atoms with Gasteiger partial charge in [0.05, 0.1) is 6.42 Å². The summed E-state index contributed by atoms with van der Waals surface area (Å²) in [5.74, 6) is -0.867. The number of aryl methyl sites for hydroxylation is 1. The van der Waals surface area contributed by atoms with Crippen molar-refractivity contribution in [3.05, 3.63) is 101 Å². The van der Waals surface area contributed by atoms with Gasteiger partial charge in [-0.05, 0) is 53.9 Å². The lowest BCUT2D eigenvalue weighted by atomic mass is 10.1. The van der Waals surface area contributed by atoms with Crippen molar-refractivity contribution in [1.82, 2.24) is 10.9 Å². The Morgan fingerprint density at radius 2 is 1.48 bits per heavy atom. The number of fused-ring (bicyclic) bond motifs is 1. The van der Waals surface area contributed by atoms with Gasteiger partial charge in [0.15, 0.2) is 5.76 Å². The van der Waals surface area contributed by atoms with E-state index in [0.29, 0.717) is 16.8 Å². The van der Waals surface area contributed by atoms with Gasteiger partial charge in [-0.2, -0.15) is 0 Å². The summed E-state index contributed by atoms with van der Waals surface area (Å²) in [6.45, 7) is 2.04. The molecular formula is C26H23N3O4. The molecule has 166 valence electrons. The number of nitrogens with one attached hydrogen (secondary N) is 3. The van der Waals surface area contributed by atoms with E-state index in [1.807, 2.05) is 37.3 Å². The number of furan rings is 1. The average molecular weight is 441 g/mol. The highest BCUT2D eigenvalue weighted by molar-refractivity contribution is 6.04. The Morgan fingerprint density at radius 3 is 2.18 bits per heavy atom. The minimum Gasteiger partial charge on any atom is -0.451 e. The minimum absolute atomic E-state index is 0.0762. The van der Waals surface area contributed by atoms with Crippen molar-refractivity contribution in [2.45, 2.75) is 19.8 Å². The van der Waals surface area contributed by atoms with Gasteiger partial charge in [-0.25, -0.2) is 0 Å². The van der Waals surface area contributed by atoms with Crippen LogP contribution in [0.3, 0.4) is 0 Å². The quantitative estimate of drug-likeness (QED) is 0.390. The standard InChI is InChI=1S/C26H23N3O4/c1-2-17-7-11-19(12-8-17)25(31)29-28-24(30)15-18-9-13-21(14-10-18)27-26(32)23-16-20-5-3-4-6-22(20)33-23/h3-14,16H,2,15H2,1H3,(H,27,32)(H,28,30)(H,29,31). The van der Waals surface area contributed by atoms with Crippen LogP contribution < -0.4 is 16.2 Å². The molecule has 3 amide bonds. The average Bonchev–Trinajstić information content (AvgIpc) is 3.28. The maximum absolute atomic E-state index is 12.4. The van der Waals surface area contributed by atoms with Crippen LogP contribution in [0.15, 0.2) is 83.3 Å². The van der Waals surface area contributed by atoms with Crippen LogP contribution in [0.5, 0.6) is 0 Å². The molecule has 0 unspecified atom stereocenters. The Labute approximate surface area is 190 Å². The minimum atomic E-state index is -0.380. The molecule has 0 saturated carbocycles. The smallest absolute Gasteiger partial charge is 0.291 e. The topological polar surface area (TPSA) is 100 Å². The number of carbonyl (C=O) groups is 3. The first kappa shape index (κ1) is 21.8. The molecule has 0 aliphatic rings. The van der Waals surface area contributed by atoms with Crippen LogP contribution in [0.4, 0.5) is 5.69 Å². The summed E-state index contributed by atoms with van der Waals surface area (Å²) >= 11 is 0. The third kappa shape index (κ3) is 5.46. The molecule has 4 aromatic rings. The second-order valence-corrected chi connectivity index (χ2v) is 7.53. The van der Waals surface area contributed by atoms with Gasteiger partial charge >= 0.3 is 0 Å². The Hall–Kier alpha value is -4.39. The molecule has 33 heavy (non-hydrogen) atoms. The van der Waals surface area contributed by atoms with Gasteiger partial charge in [-0.3, -0.25) is 25.2 Å². The van der Waals surface area contributed by atoms with Crippen LogP contribution in [-0.2, 0) is 17.6 Å². The first-order valence-electron chi connectivity index (χ1n) is 10.6. The second-order valence-electron chi connectivity index (χ2n) is 7.53. The largest absolute Gasteiger partial charge is 0.451 e. The fourth-order valence-electron chi connectivity index (χ4n) is 3.31. The highest BCUT2D eigenvalue weighted by atomic mass is 16.3. The number of hydrogen-bond donors (Lipinski definition) is 3. The highest BCUT2D eigenvalue weighted by Crippen LogP contribution is 2.20. The van der Waals surface area contributed by atoms with Crippen LogP contribution in [-0.4, -0.2) is 17.7 Å². The SMILES string of the molecule is CCc1ccc(C(=O)NNC(=O)Cc2ccc(NC(=O)c3cc4ccccc4o3)cc2)cc1. The number of benzene rings is 3. The first-order valence-corrected chi connectivity index (χ1v) is 10.6. The zero-order valence-corrected chi connectivity index (χ0v) is 18.1. The van der Waals surface area contributed by atoms with Gasteiger partial charge in [0.1, 0.15) is 5.58 Å². The molecule has 0 saturated heterocycles. The van der Waals surface area contributed by atoms with Gasteiger partial charge in [-0.1, -0.05) is 49.4 Å². The molecular weight excluding hydrogens is 418 g/mol. The van der Waals surface area contributed by atoms with E-state index < -0.39 is 0 Å². The van der Waals surface area contributed by atoms with Crippen molar-refractivity contribution in [2.24, 2.45) is 0 Å². The van der Waals surface area contributed by atoms with Crippen molar-refractivity contribution in [2.75, 3.05) is 5.32 Å². The first-order chi connectivity index (χ1) is 16.0. The van der Waals surface area contributed by atoms with Gasteiger partial charge in [0.2, 0.25) is 5.91 Å². The number of anilines is 1. The highest BCUT2D eigenvalue weighted by Gasteiger charge is 2.13. The van der Waals surface area contributed by atoms with Crippen molar-refractivity contribution >= 4 is 34.4 Å². The molecule has 1 aromatic heterocycles. The van der Waals surface area contributed by atoms with E-state index in [0.717, 1.165) is 22.9 Å². The molecule has 1 heterocycles. The molecule has 0 aliphatic carbocycles. The monoisotopic (exact) mass is 441 g/mol. The molecule has 3 N–H and O–H groups in total. The maximum atomic E-state index is 12.4. The van der Waals surface area contributed by atoms with Gasteiger partial charge in [0.25, 0.3) is 11.8 Å². The maximum Gasteiger partial charge on any atom is 0.291 e. The Kier molecular flexibility index (Phi) is 6.50. The summed E-state index contributed by atoms with van der Waals surface area (Å²) in [5.41, 5.74) is 8.39. The molecule has 3 aromatic carbocycles. The van der Waals surface area contributed by atoms with E-state index in [1.54, 1.807) is 48.5 Å². The second kappa shape index (κ2) is 9.82. The van der Waals surface area contributed by atoms with Crippen LogP contribution in [0.25, 0.3) is 11.0 Å². The lowest BCUT2D eigenvalue weighted by molar-refractivity contribution is -0.121. The zero-order chi connectivity index (χ0) is 23.2. The lowest BCUT2D eigenvalue weighted by Gasteiger charge is -2.09.